The number of rotatable bonds is 4. The average molecular weight is 283 g/mol. The van der Waals surface area contributed by atoms with E-state index in [9.17, 15) is 9.59 Å². The predicted octanol–water partition coefficient (Wildman–Crippen LogP) is 1.82. The monoisotopic (exact) mass is 283 g/mol. The summed E-state index contributed by atoms with van der Waals surface area (Å²) in [5.74, 6) is -0.584. The van der Waals surface area contributed by atoms with Crippen LogP contribution in [0.1, 0.15) is 40.0 Å². The fourth-order valence-corrected chi connectivity index (χ4v) is 2.23. The summed E-state index contributed by atoms with van der Waals surface area (Å²) in [5, 5.41) is 3.24. The first kappa shape index (κ1) is 16.7. The molecule has 1 aliphatic heterocycles. The Morgan fingerprint density at radius 2 is 1.85 bits per heavy atom. The van der Waals surface area contributed by atoms with Gasteiger partial charge in [-0.25, -0.2) is 4.79 Å². The van der Waals surface area contributed by atoms with Crippen molar-refractivity contribution in [2.45, 2.75) is 45.6 Å². The lowest BCUT2D eigenvalue weighted by atomic mass is 9.76. The van der Waals surface area contributed by atoms with Crippen molar-refractivity contribution in [2.75, 3.05) is 20.2 Å². The largest absolute Gasteiger partial charge is 0.466 e. The Balaban J connectivity index is 2.78. The first-order chi connectivity index (χ1) is 9.29. The first-order valence-electron chi connectivity index (χ1n) is 6.98. The molecule has 0 radical (unpaired) electrons. The van der Waals surface area contributed by atoms with Gasteiger partial charge in [0.2, 0.25) is 0 Å². The van der Waals surface area contributed by atoms with E-state index >= 15 is 0 Å². The van der Waals surface area contributed by atoms with Crippen LogP contribution in [0.5, 0.6) is 0 Å². The van der Waals surface area contributed by atoms with E-state index in [0.29, 0.717) is 19.3 Å². The molecule has 0 bridgehead atoms. The Hall–Kier alpha value is -1.36. The molecule has 0 amide bonds. The topological polar surface area (TPSA) is 64.6 Å². The van der Waals surface area contributed by atoms with Gasteiger partial charge in [-0.2, -0.15) is 0 Å². The van der Waals surface area contributed by atoms with Gasteiger partial charge in [0, 0.05) is 6.08 Å². The van der Waals surface area contributed by atoms with Crippen LogP contribution >= 0.6 is 0 Å². The highest BCUT2D eigenvalue weighted by Gasteiger charge is 2.41. The molecule has 0 aliphatic carbocycles. The first-order valence-corrected chi connectivity index (χ1v) is 6.98. The minimum absolute atomic E-state index is 0.180. The van der Waals surface area contributed by atoms with Gasteiger partial charge in [-0.15, -0.1) is 0 Å². The van der Waals surface area contributed by atoms with Gasteiger partial charge in [0.25, 0.3) is 0 Å². The molecule has 0 atom stereocenters. The summed E-state index contributed by atoms with van der Waals surface area (Å²) >= 11 is 0. The van der Waals surface area contributed by atoms with Crippen LogP contribution < -0.4 is 5.32 Å². The summed E-state index contributed by atoms with van der Waals surface area (Å²) in [6.07, 6.45) is 5.01. The van der Waals surface area contributed by atoms with E-state index in [1.807, 2.05) is 20.8 Å². The number of ether oxygens (including phenoxy) is 2. The fraction of sp³-hybridized carbons (Fsp3) is 0.733. The van der Waals surface area contributed by atoms with Gasteiger partial charge >= 0.3 is 11.9 Å². The van der Waals surface area contributed by atoms with Crippen molar-refractivity contribution in [3.63, 3.8) is 0 Å². The van der Waals surface area contributed by atoms with Crippen molar-refractivity contribution in [1.82, 2.24) is 5.32 Å². The molecule has 114 valence electrons. The fourth-order valence-electron chi connectivity index (χ4n) is 2.23. The number of allylic oxidation sites excluding steroid dienone is 1. The zero-order chi connectivity index (χ0) is 15.2. The van der Waals surface area contributed by atoms with Gasteiger partial charge in [-0.05, 0) is 53.1 Å². The number of nitrogens with one attached hydrogen (secondary N) is 1. The molecule has 1 heterocycles. The minimum Gasteiger partial charge on any atom is -0.466 e. The number of piperidine rings is 1. The molecule has 0 unspecified atom stereocenters. The molecular formula is C15H25NO4. The number of carbonyl (C=O) groups is 2. The summed E-state index contributed by atoms with van der Waals surface area (Å²) in [5.41, 5.74) is -1.04. The summed E-state index contributed by atoms with van der Waals surface area (Å²) in [6.45, 7) is 7.16. The molecule has 1 N–H and O–H groups in total. The van der Waals surface area contributed by atoms with Gasteiger partial charge in [0.1, 0.15) is 5.60 Å². The quantitative estimate of drug-likeness (QED) is 0.630. The molecule has 0 aromatic rings. The molecule has 0 aromatic heterocycles. The molecule has 0 spiro atoms. The summed E-state index contributed by atoms with van der Waals surface area (Å²) < 4.78 is 10.1. The van der Waals surface area contributed by atoms with Crippen molar-refractivity contribution in [3.8, 4) is 0 Å². The highest BCUT2D eigenvalue weighted by molar-refractivity contribution is 5.82. The number of hydrogen-bond acceptors (Lipinski definition) is 5. The maximum absolute atomic E-state index is 12.5. The molecule has 0 aromatic carbocycles. The average Bonchev–Trinajstić information content (AvgIpc) is 2.37. The Kier molecular flexibility index (Phi) is 5.74. The molecule has 1 fully saturated rings. The van der Waals surface area contributed by atoms with Gasteiger partial charge in [0.05, 0.1) is 12.5 Å². The molecule has 20 heavy (non-hydrogen) atoms. The van der Waals surface area contributed by atoms with E-state index < -0.39 is 17.0 Å². The van der Waals surface area contributed by atoms with E-state index in [-0.39, 0.29) is 5.97 Å². The molecule has 0 saturated carbocycles. The molecule has 1 aliphatic rings. The van der Waals surface area contributed by atoms with Crippen molar-refractivity contribution in [3.05, 3.63) is 12.2 Å². The van der Waals surface area contributed by atoms with Crippen LogP contribution in [0.15, 0.2) is 12.2 Å². The Labute approximate surface area is 120 Å². The van der Waals surface area contributed by atoms with Crippen LogP contribution in [0.4, 0.5) is 0 Å². The lowest BCUT2D eigenvalue weighted by molar-refractivity contribution is -0.169. The summed E-state index contributed by atoms with van der Waals surface area (Å²) in [4.78, 5) is 23.6. The van der Waals surface area contributed by atoms with Gasteiger partial charge in [-0.1, -0.05) is 6.08 Å². The van der Waals surface area contributed by atoms with Crippen molar-refractivity contribution in [2.24, 2.45) is 5.41 Å². The van der Waals surface area contributed by atoms with Crippen LogP contribution in [0.25, 0.3) is 0 Å². The maximum Gasteiger partial charge on any atom is 0.330 e. The third-order valence-corrected chi connectivity index (χ3v) is 3.36. The molecule has 1 saturated heterocycles. The summed E-state index contributed by atoms with van der Waals surface area (Å²) in [6, 6.07) is 0. The molecular weight excluding hydrogens is 258 g/mol. The van der Waals surface area contributed by atoms with Crippen molar-refractivity contribution in [1.29, 1.82) is 0 Å². The smallest absolute Gasteiger partial charge is 0.330 e. The number of methoxy groups -OCH3 is 1. The van der Waals surface area contributed by atoms with Crippen molar-refractivity contribution < 1.29 is 19.1 Å². The van der Waals surface area contributed by atoms with Crippen LogP contribution in [0.3, 0.4) is 0 Å². The van der Waals surface area contributed by atoms with Crippen LogP contribution in [0, 0.1) is 5.41 Å². The number of esters is 2. The normalized spacial score (nSPS) is 18.8. The minimum atomic E-state index is -0.539. The molecule has 5 heteroatoms. The zero-order valence-electron chi connectivity index (χ0n) is 12.8. The lowest BCUT2D eigenvalue weighted by Crippen LogP contribution is -2.45. The standard InChI is InChI=1S/C15H25NO4/c1-14(2,3)20-13(18)15(8-10-16-11-9-15)7-5-6-12(17)19-4/h5-6,16H,7-11H2,1-4H3. The molecule has 5 nitrogen and oxygen atoms in total. The Bertz CT molecular complexity index is 376. The summed E-state index contributed by atoms with van der Waals surface area (Å²) in [7, 11) is 1.33. The van der Waals surface area contributed by atoms with Crippen LogP contribution in [-0.4, -0.2) is 37.7 Å². The van der Waals surface area contributed by atoms with Crippen LogP contribution in [0.2, 0.25) is 0 Å². The van der Waals surface area contributed by atoms with Gasteiger partial charge < -0.3 is 14.8 Å². The number of hydrogen-bond donors (Lipinski definition) is 1. The third-order valence-electron chi connectivity index (χ3n) is 3.36. The zero-order valence-corrected chi connectivity index (χ0v) is 12.8. The van der Waals surface area contributed by atoms with E-state index in [2.05, 4.69) is 10.1 Å². The van der Waals surface area contributed by atoms with Gasteiger partial charge in [-0.3, -0.25) is 4.79 Å². The number of carbonyl (C=O) groups excluding carboxylic acids is 2. The second-order valence-corrected chi connectivity index (χ2v) is 6.16. The Morgan fingerprint density at radius 1 is 1.25 bits per heavy atom. The third kappa shape index (κ3) is 4.96. The highest BCUT2D eigenvalue weighted by Crippen LogP contribution is 2.36. The maximum atomic E-state index is 12.5. The SMILES string of the molecule is COC(=O)C=CCC1(C(=O)OC(C)(C)C)CCNCC1. The van der Waals surface area contributed by atoms with E-state index in [4.69, 9.17) is 4.74 Å². The lowest BCUT2D eigenvalue weighted by Gasteiger charge is -2.36. The van der Waals surface area contributed by atoms with E-state index in [1.165, 1.54) is 13.2 Å². The van der Waals surface area contributed by atoms with E-state index in [1.54, 1.807) is 6.08 Å². The predicted molar refractivity (Wildman–Crippen MR) is 76.2 cm³/mol. The van der Waals surface area contributed by atoms with E-state index in [0.717, 1.165) is 13.1 Å². The van der Waals surface area contributed by atoms with Crippen molar-refractivity contribution >= 4 is 11.9 Å². The second kappa shape index (κ2) is 6.88. The Morgan fingerprint density at radius 3 is 2.35 bits per heavy atom. The highest BCUT2D eigenvalue weighted by atomic mass is 16.6. The van der Waals surface area contributed by atoms with Gasteiger partial charge in [0.15, 0.2) is 0 Å². The van der Waals surface area contributed by atoms with Crippen LogP contribution in [-0.2, 0) is 19.1 Å². The molecule has 1 rings (SSSR count). The second-order valence-electron chi connectivity index (χ2n) is 6.16.